The normalized spacial score (nSPS) is 9.67. The lowest BCUT2D eigenvalue weighted by Gasteiger charge is -1.87. The molecule has 0 bridgehead atoms. The quantitative estimate of drug-likeness (QED) is 0.278. The highest BCUT2D eigenvalue weighted by atomic mass is 32.2. The van der Waals surface area contributed by atoms with Crippen molar-refractivity contribution in [2.75, 3.05) is 11.5 Å². The minimum atomic E-state index is 0.559. The Morgan fingerprint density at radius 2 is 2.56 bits per heavy atom. The summed E-state index contributed by atoms with van der Waals surface area (Å²) >= 11 is 1.57. The molecule has 0 spiro atoms. The average Bonchev–Trinajstić information content (AvgIpc) is 1.89. The van der Waals surface area contributed by atoms with Crippen molar-refractivity contribution in [3.8, 4) is 6.07 Å². The summed E-state index contributed by atoms with van der Waals surface area (Å²) in [6.45, 7) is 0. The maximum absolute atomic E-state index is 8.08. The molecule has 0 radical (unpaired) electrons. The van der Waals surface area contributed by atoms with E-state index in [2.05, 4.69) is 5.16 Å². The van der Waals surface area contributed by atoms with Crippen LogP contribution in [0.3, 0.4) is 0 Å². The van der Waals surface area contributed by atoms with Crippen molar-refractivity contribution in [2.24, 2.45) is 5.16 Å². The largest absolute Gasteiger partial charge is 0.411 e. The molecule has 0 unspecified atom stereocenters. The van der Waals surface area contributed by atoms with Gasteiger partial charge in [0.25, 0.3) is 0 Å². The minimum Gasteiger partial charge on any atom is -0.411 e. The third kappa shape index (κ3) is 7.31. The average molecular weight is 144 g/mol. The predicted molar refractivity (Wildman–Crippen MR) is 37.8 cm³/mol. The number of oxime groups is 1. The van der Waals surface area contributed by atoms with E-state index < -0.39 is 0 Å². The number of nitrogens with zero attached hydrogens (tertiary/aromatic N) is 2. The van der Waals surface area contributed by atoms with Gasteiger partial charge >= 0.3 is 0 Å². The zero-order valence-electron chi connectivity index (χ0n) is 4.95. The highest BCUT2D eigenvalue weighted by Gasteiger charge is 1.83. The molecule has 0 aliphatic carbocycles. The summed E-state index contributed by atoms with van der Waals surface area (Å²) in [4.78, 5) is 0. The van der Waals surface area contributed by atoms with Crippen molar-refractivity contribution >= 4 is 18.0 Å². The van der Waals surface area contributed by atoms with Crippen molar-refractivity contribution in [1.29, 1.82) is 5.26 Å². The molecular weight excluding hydrogens is 136 g/mol. The molecule has 50 valence electrons. The highest BCUT2D eigenvalue weighted by molar-refractivity contribution is 7.99. The van der Waals surface area contributed by atoms with Crippen LogP contribution in [-0.4, -0.2) is 22.9 Å². The Morgan fingerprint density at radius 3 is 3.11 bits per heavy atom. The van der Waals surface area contributed by atoms with Gasteiger partial charge < -0.3 is 5.21 Å². The number of thioether (sulfide) groups is 1. The fraction of sp³-hybridized carbons (Fsp3) is 0.600. The molecule has 0 aliphatic rings. The summed E-state index contributed by atoms with van der Waals surface area (Å²) in [6, 6.07) is 2.02. The van der Waals surface area contributed by atoms with Gasteiger partial charge in [-0.15, -0.1) is 5.16 Å². The number of hydrogen-bond donors (Lipinski definition) is 1. The van der Waals surface area contributed by atoms with Crippen molar-refractivity contribution < 1.29 is 5.21 Å². The van der Waals surface area contributed by atoms with Crippen LogP contribution in [0.25, 0.3) is 0 Å². The van der Waals surface area contributed by atoms with Crippen LogP contribution in [0.4, 0.5) is 0 Å². The number of rotatable bonds is 4. The first-order valence-corrected chi connectivity index (χ1v) is 3.68. The molecule has 0 amide bonds. The molecule has 0 aliphatic heterocycles. The molecule has 0 fully saturated rings. The lowest BCUT2D eigenvalue weighted by atomic mass is 10.6. The zero-order valence-corrected chi connectivity index (χ0v) is 5.77. The standard InChI is InChI=1S/C5H8N2OS/c6-2-1-4-9-5-3-7-8/h3,8H,1,4-5H2. The van der Waals surface area contributed by atoms with E-state index in [9.17, 15) is 0 Å². The Labute approximate surface area is 58.4 Å². The van der Waals surface area contributed by atoms with Crippen molar-refractivity contribution in [3.05, 3.63) is 0 Å². The SMILES string of the molecule is N#CCCSCC=NO. The van der Waals surface area contributed by atoms with E-state index in [-0.39, 0.29) is 0 Å². The van der Waals surface area contributed by atoms with Gasteiger partial charge in [-0.05, 0) is 0 Å². The summed E-state index contributed by atoms with van der Waals surface area (Å²) in [7, 11) is 0. The second-order valence-corrected chi connectivity index (χ2v) is 2.43. The summed E-state index contributed by atoms with van der Waals surface area (Å²) in [6.07, 6.45) is 1.96. The molecule has 0 atom stereocenters. The van der Waals surface area contributed by atoms with Crippen molar-refractivity contribution in [1.82, 2.24) is 0 Å². The summed E-state index contributed by atoms with van der Waals surface area (Å²) in [5, 5.41) is 18.8. The van der Waals surface area contributed by atoms with Gasteiger partial charge in [0.15, 0.2) is 0 Å². The third-order valence-electron chi connectivity index (χ3n) is 0.632. The van der Waals surface area contributed by atoms with Crippen LogP contribution in [0.15, 0.2) is 5.16 Å². The molecule has 1 N–H and O–H groups in total. The Balaban J connectivity index is 2.85. The first kappa shape index (κ1) is 8.31. The number of hydrogen-bond acceptors (Lipinski definition) is 4. The van der Waals surface area contributed by atoms with E-state index in [1.54, 1.807) is 11.8 Å². The van der Waals surface area contributed by atoms with Crippen LogP contribution in [-0.2, 0) is 0 Å². The fourth-order valence-electron chi connectivity index (χ4n) is 0.287. The van der Waals surface area contributed by atoms with E-state index >= 15 is 0 Å². The van der Waals surface area contributed by atoms with Crippen LogP contribution in [0.1, 0.15) is 6.42 Å². The highest BCUT2D eigenvalue weighted by Crippen LogP contribution is 1.98. The summed E-state index contributed by atoms with van der Waals surface area (Å²) < 4.78 is 0. The molecule has 3 nitrogen and oxygen atoms in total. The van der Waals surface area contributed by atoms with Gasteiger partial charge in [0.05, 0.1) is 12.3 Å². The third-order valence-corrected chi connectivity index (χ3v) is 1.51. The van der Waals surface area contributed by atoms with Crippen LogP contribution in [0.5, 0.6) is 0 Å². The van der Waals surface area contributed by atoms with Crippen LogP contribution >= 0.6 is 11.8 Å². The van der Waals surface area contributed by atoms with Crippen molar-refractivity contribution in [3.63, 3.8) is 0 Å². The van der Waals surface area contributed by atoms with E-state index in [0.29, 0.717) is 12.2 Å². The monoisotopic (exact) mass is 144 g/mol. The molecule has 0 heterocycles. The second-order valence-electron chi connectivity index (χ2n) is 1.28. The Bertz CT molecular complexity index is 119. The van der Waals surface area contributed by atoms with Crippen LogP contribution < -0.4 is 0 Å². The lowest BCUT2D eigenvalue weighted by Crippen LogP contribution is -1.82. The maximum Gasteiger partial charge on any atom is 0.0630 e. The van der Waals surface area contributed by atoms with Gasteiger partial charge in [-0.3, -0.25) is 0 Å². The number of nitriles is 1. The van der Waals surface area contributed by atoms with Crippen LogP contribution in [0, 0.1) is 11.3 Å². The van der Waals surface area contributed by atoms with E-state index in [1.165, 1.54) is 6.21 Å². The molecule has 0 rings (SSSR count). The summed E-state index contributed by atoms with van der Waals surface area (Å²) in [5.74, 6) is 1.49. The molecule has 0 aromatic rings. The predicted octanol–water partition coefficient (Wildman–Crippen LogP) is 1.09. The van der Waals surface area contributed by atoms with E-state index in [1.807, 2.05) is 6.07 Å². The van der Waals surface area contributed by atoms with Gasteiger partial charge in [0.2, 0.25) is 0 Å². The molecule has 4 heteroatoms. The Kier molecular flexibility index (Phi) is 6.75. The van der Waals surface area contributed by atoms with Gasteiger partial charge in [-0.1, -0.05) is 0 Å². The Morgan fingerprint density at radius 1 is 1.78 bits per heavy atom. The molecular formula is C5H8N2OS. The second kappa shape index (κ2) is 7.31. The van der Waals surface area contributed by atoms with Gasteiger partial charge in [0, 0.05) is 17.9 Å². The molecule has 0 aromatic heterocycles. The van der Waals surface area contributed by atoms with E-state index in [0.717, 1.165) is 5.75 Å². The van der Waals surface area contributed by atoms with Gasteiger partial charge in [-0.25, -0.2) is 0 Å². The molecule has 0 saturated carbocycles. The van der Waals surface area contributed by atoms with E-state index in [4.69, 9.17) is 10.5 Å². The molecule has 0 aromatic carbocycles. The first-order valence-electron chi connectivity index (χ1n) is 2.52. The smallest absolute Gasteiger partial charge is 0.0630 e. The van der Waals surface area contributed by atoms with Gasteiger partial charge in [-0.2, -0.15) is 17.0 Å². The zero-order chi connectivity index (χ0) is 6.95. The van der Waals surface area contributed by atoms with Crippen LogP contribution in [0.2, 0.25) is 0 Å². The van der Waals surface area contributed by atoms with Crippen molar-refractivity contribution in [2.45, 2.75) is 6.42 Å². The molecule has 9 heavy (non-hydrogen) atoms. The minimum absolute atomic E-state index is 0.559. The molecule has 0 saturated heterocycles. The first-order chi connectivity index (χ1) is 4.41. The fourth-order valence-corrected chi connectivity index (χ4v) is 0.862. The maximum atomic E-state index is 8.08. The lowest BCUT2D eigenvalue weighted by molar-refractivity contribution is 0.321. The van der Waals surface area contributed by atoms with Gasteiger partial charge in [0.1, 0.15) is 0 Å². The Hall–Kier alpha value is -0.690. The topological polar surface area (TPSA) is 56.4 Å². The summed E-state index contributed by atoms with van der Waals surface area (Å²) in [5.41, 5.74) is 0.